The molecule has 0 saturated carbocycles. The molecule has 0 aliphatic carbocycles. The third kappa shape index (κ3) is 7.83. The molecule has 11 heteroatoms. The molecule has 170 valence electrons. The number of hydrogen-bond acceptors (Lipinski definition) is 5. The van der Waals surface area contributed by atoms with Crippen molar-refractivity contribution in [1.29, 1.82) is 0 Å². The number of nitrogens with zero attached hydrogens (tertiary/aromatic N) is 4. The molecule has 2 heterocycles. The van der Waals surface area contributed by atoms with Crippen molar-refractivity contribution < 1.29 is 17.9 Å². The summed E-state index contributed by atoms with van der Waals surface area (Å²) in [7, 11) is -1.53. The highest BCUT2D eigenvalue weighted by Gasteiger charge is 2.30. The molecule has 2 saturated heterocycles. The molecule has 0 aromatic rings. The number of halogens is 1. The van der Waals surface area contributed by atoms with Crippen LogP contribution in [0.3, 0.4) is 0 Å². The van der Waals surface area contributed by atoms with Crippen LogP contribution in [-0.4, -0.2) is 106 Å². The summed E-state index contributed by atoms with van der Waals surface area (Å²) in [6, 6.07) is 0. The SMILES string of the molecule is CCNC(=NCCCN(C)S(=O)(=O)CC)N1CCN(C(=O)C2CCCO2)CC1.I. The number of carbonyl (C=O) groups is 1. The van der Waals surface area contributed by atoms with Crippen molar-refractivity contribution in [3.05, 3.63) is 0 Å². The van der Waals surface area contributed by atoms with E-state index in [0.29, 0.717) is 39.2 Å². The molecule has 0 spiro atoms. The monoisotopic (exact) mass is 545 g/mol. The fourth-order valence-corrected chi connectivity index (χ4v) is 4.23. The molecular weight excluding hydrogens is 509 g/mol. The van der Waals surface area contributed by atoms with Gasteiger partial charge in [0.25, 0.3) is 5.91 Å². The van der Waals surface area contributed by atoms with Crippen molar-refractivity contribution in [2.45, 2.75) is 39.2 Å². The van der Waals surface area contributed by atoms with Crippen LogP contribution in [0.5, 0.6) is 0 Å². The highest BCUT2D eigenvalue weighted by molar-refractivity contribution is 14.0. The van der Waals surface area contributed by atoms with Crippen molar-refractivity contribution in [2.24, 2.45) is 4.99 Å². The first-order valence-electron chi connectivity index (χ1n) is 10.3. The first kappa shape index (κ1) is 26.4. The maximum Gasteiger partial charge on any atom is 0.251 e. The molecule has 0 radical (unpaired) electrons. The van der Waals surface area contributed by atoms with Gasteiger partial charge >= 0.3 is 0 Å². The average Bonchev–Trinajstić information content (AvgIpc) is 3.24. The molecule has 1 N–H and O–H groups in total. The Morgan fingerprint density at radius 2 is 1.86 bits per heavy atom. The predicted octanol–water partition coefficient (Wildman–Crippen LogP) is 0.565. The van der Waals surface area contributed by atoms with Gasteiger partial charge in [0.2, 0.25) is 10.0 Å². The van der Waals surface area contributed by atoms with Gasteiger partial charge < -0.3 is 19.9 Å². The van der Waals surface area contributed by atoms with Gasteiger partial charge in [-0.2, -0.15) is 0 Å². The van der Waals surface area contributed by atoms with Crippen molar-refractivity contribution in [3.63, 3.8) is 0 Å². The number of hydrogen-bond donors (Lipinski definition) is 1. The lowest BCUT2D eigenvalue weighted by Crippen LogP contribution is -2.55. The molecule has 9 nitrogen and oxygen atoms in total. The number of rotatable bonds is 8. The zero-order chi connectivity index (χ0) is 20.6. The van der Waals surface area contributed by atoms with Crippen LogP contribution in [0.4, 0.5) is 0 Å². The van der Waals surface area contributed by atoms with Gasteiger partial charge in [0, 0.05) is 59.5 Å². The lowest BCUT2D eigenvalue weighted by Gasteiger charge is -2.37. The Labute approximate surface area is 192 Å². The van der Waals surface area contributed by atoms with Crippen LogP contribution < -0.4 is 5.32 Å². The van der Waals surface area contributed by atoms with E-state index in [4.69, 9.17) is 4.74 Å². The third-order valence-corrected chi connectivity index (χ3v) is 7.03. The van der Waals surface area contributed by atoms with Crippen LogP contribution in [-0.2, 0) is 19.6 Å². The molecule has 29 heavy (non-hydrogen) atoms. The summed E-state index contributed by atoms with van der Waals surface area (Å²) in [6.45, 7) is 8.93. The minimum Gasteiger partial charge on any atom is -0.368 e. The van der Waals surface area contributed by atoms with Crippen molar-refractivity contribution in [2.75, 3.05) is 65.2 Å². The average molecular weight is 545 g/mol. The van der Waals surface area contributed by atoms with Crippen molar-refractivity contribution >= 4 is 45.9 Å². The summed E-state index contributed by atoms with van der Waals surface area (Å²) in [5, 5.41) is 3.30. The van der Waals surface area contributed by atoms with E-state index in [1.165, 1.54) is 4.31 Å². The van der Waals surface area contributed by atoms with E-state index in [1.54, 1.807) is 14.0 Å². The number of piperazine rings is 1. The molecule has 2 aliphatic heterocycles. The highest BCUT2D eigenvalue weighted by atomic mass is 127. The second-order valence-electron chi connectivity index (χ2n) is 7.13. The molecule has 1 amide bonds. The minimum absolute atomic E-state index is 0. The Morgan fingerprint density at radius 1 is 1.21 bits per heavy atom. The number of ether oxygens (including phenoxy) is 1. The number of amides is 1. The van der Waals surface area contributed by atoms with E-state index in [-0.39, 0.29) is 41.7 Å². The van der Waals surface area contributed by atoms with Crippen molar-refractivity contribution in [1.82, 2.24) is 19.4 Å². The second kappa shape index (κ2) is 12.9. The van der Waals surface area contributed by atoms with E-state index < -0.39 is 10.0 Å². The molecular formula is C18H36IN5O4S. The first-order chi connectivity index (χ1) is 13.4. The molecule has 2 rings (SSSR count). The number of guanidine groups is 1. The van der Waals surface area contributed by atoms with Gasteiger partial charge in [-0.3, -0.25) is 9.79 Å². The fraction of sp³-hybridized carbons (Fsp3) is 0.889. The topological polar surface area (TPSA) is 94.5 Å². The fourth-order valence-electron chi connectivity index (χ4n) is 3.38. The third-order valence-electron chi connectivity index (χ3n) is 5.16. The molecule has 0 aromatic heterocycles. The Bertz CT molecular complexity index is 632. The van der Waals surface area contributed by atoms with E-state index in [2.05, 4.69) is 15.2 Å². The van der Waals surface area contributed by atoms with Crippen LogP contribution >= 0.6 is 24.0 Å². The van der Waals surface area contributed by atoms with Crippen LogP contribution in [0, 0.1) is 0 Å². The molecule has 2 aliphatic rings. The van der Waals surface area contributed by atoms with E-state index in [9.17, 15) is 13.2 Å². The Balaban J connectivity index is 0.00000420. The predicted molar refractivity (Wildman–Crippen MR) is 125 cm³/mol. The zero-order valence-corrected chi connectivity index (χ0v) is 20.9. The number of nitrogens with one attached hydrogen (secondary N) is 1. The van der Waals surface area contributed by atoms with Crippen LogP contribution in [0.25, 0.3) is 0 Å². The first-order valence-corrected chi connectivity index (χ1v) is 11.9. The normalized spacial score (nSPS) is 20.7. The summed E-state index contributed by atoms with van der Waals surface area (Å²) >= 11 is 0. The molecule has 0 bridgehead atoms. The highest BCUT2D eigenvalue weighted by Crippen LogP contribution is 2.16. The summed E-state index contributed by atoms with van der Waals surface area (Å²) in [5.41, 5.74) is 0. The largest absolute Gasteiger partial charge is 0.368 e. The summed E-state index contributed by atoms with van der Waals surface area (Å²) in [6.07, 6.45) is 2.19. The van der Waals surface area contributed by atoms with Gasteiger partial charge in [-0.1, -0.05) is 0 Å². The van der Waals surface area contributed by atoms with Gasteiger partial charge in [0.1, 0.15) is 6.10 Å². The number of sulfonamides is 1. The quantitative estimate of drug-likeness (QED) is 0.208. The molecule has 0 aromatic carbocycles. The van der Waals surface area contributed by atoms with Gasteiger partial charge in [0.15, 0.2) is 5.96 Å². The lowest BCUT2D eigenvalue weighted by molar-refractivity contribution is -0.142. The standard InChI is InChI=1S/C18H35N5O4S.HI/c1-4-19-18(20-9-7-10-21(3)28(25,26)5-2)23-13-11-22(12-14-23)17(24)16-8-6-15-27-16;/h16H,4-15H2,1-3H3,(H,19,20);1H. The second-order valence-corrected chi connectivity index (χ2v) is 9.49. The van der Waals surface area contributed by atoms with E-state index >= 15 is 0 Å². The maximum absolute atomic E-state index is 12.5. The molecule has 1 unspecified atom stereocenters. The van der Waals surface area contributed by atoms with Gasteiger partial charge in [-0.25, -0.2) is 12.7 Å². The van der Waals surface area contributed by atoms with E-state index in [1.807, 2.05) is 11.8 Å². The van der Waals surface area contributed by atoms with Gasteiger partial charge in [-0.05, 0) is 33.1 Å². The molecule has 2 fully saturated rings. The van der Waals surface area contributed by atoms with Gasteiger partial charge in [0.05, 0.1) is 5.75 Å². The number of carbonyl (C=O) groups excluding carboxylic acids is 1. The van der Waals surface area contributed by atoms with Crippen LogP contribution in [0.2, 0.25) is 0 Å². The summed E-state index contributed by atoms with van der Waals surface area (Å²) in [4.78, 5) is 21.2. The lowest BCUT2D eigenvalue weighted by atomic mass is 10.2. The summed E-state index contributed by atoms with van der Waals surface area (Å²) in [5.74, 6) is 1.05. The van der Waals surface area contributed by atoms with Crippen molar-refractivity contribution in [3.8, 4) is 0 Å². The Morgan fingerprint density at radius 3 is 2.41 bits per heavy atom. The summed E-state index contributed by atoms with van der Waals surface area (Å²) < 4.78 is 30.5. The van der Waals surface area contributed by atoms with Crippen LogP contribution in [0.15, 0.2) is 4.99 Å². The maximum atomic E-state index is 12.5. The smallest absolute Gasteiger partial charge is 0.251 e. The van der Waals surface area contributed by atoms with Crippen LogP contribution in [0.1, 0.15) is 33.1 Å². The Kier molecular flexibility index (Phi) is 11.7. The number of aliphatic imine (C=N–C) groups is 1. The minimum atomic E-state index is -3.14. The van der Waals surface area contributed by atoms with Gasteiger partial charge in [-0.15, -0.1) is 24.0 Å². The molecule has 1 atom stereocenters. The Hall–Kier alpha value is -0.660. The zero-order valence-electron chi connectivity index (χ0n) is 17.8. The van der Waals surface area contributed by atoms with E-state index in [0.717, 1.165) is 38.4 Å².